The summed E-state index contributed by atoms with van der Waals surface area (Å²) < 4.78 is 14.2. The van der Waals surface area contributed by atoms with Crippen molar-refractivity contribution in [2.45, 2.75) is 52.1 Å². The van der Waals surface area contributed by atoms with E-state index >= 15 is 0 Å². The lowest BCUT2D eigenvalue weighted by Gasteiger charge is -2.47. The number of halogens is 1. The highest BCUT2D eigenvalue weighted by Crippen LogP contribution is 2.31. The highest BCUT2D eigenvalue weighted by atomic mass is 19.1. The zero-order valence-corrected chi connectivity index (χ0v) is 12.5. The van der Waals surface area contributed by atoms with Gasteiger partial charge in [0.05, 0.1) is 5.69 Å². The van der Waals surface area contributed by atoms with Crippen LogP contribution < -0.4 is 10.2 Å². The van der Waals surface area contributed by atoms with Crippen molar-refractivity contribution in [3.63, 3.8) is 0 Å². The van der Waals surface area contributed by atoms with Gasteiger partial charge in [-0.25, -0.2) is 4.39 Å². The monoisotopic (exact) mass is 264 g/mol. The van der Waals surface area contributed by atoms with Crippen molar-refractivity contribution in [2.75, 3.05) is 18.0 Å². The number of anilines is 1. The van der Waals surface area contributed by atoms with E-state index in [0.717, 1.165) is 37.2 Å². The summed E-state index contributed by atoms with van der Waals surface area (Å²) in [6.07, 6.45) is 2.08. The van der Waals surface area contributed by atoms with Gasteiger partial charge in [0.2, 0.25) is 0 Å². The first-order valence-corrected chi connectivity index (χ1v) is 7.27. The topological polar surface area (TPSA) is 15.3 Å². The van der Waals surface area contributed by atoms with E-state index in [-0.39, 0.29) is 11.4 Å². The maximum atomic E-state index is 14.2. The normalized spacial score (nSPS) is 27.6. The summed E-state index contributed by atoms with van der Waals surface area (Å²) in [7, 11) is 0. The first-order chi connectivity index (χ1) is 9.00. The Morgan fingerprint density at radius 1 is 1.42 bits per heavy atom. The molecule has 0 radical (unpaired) electrons. The third-order valence-corrected chi connectivity index (χ3v) is 4.45. The molecule has 3 heteroatoms. The Morgan fingerprint density at radius 2 is 2.16 bits per heavy atom. The van der Waals surface area contributed by atoms with Crippen LogP contribution in [0.4, 0.5) is 10.1 Å². The lowest BCUT2D eigenvalue weighted by Crippen LogP contribution is -2.63. The number of rotatable bonds is 3. The minimum atomic E-state index is -0.0983. The lowest BCUT2D eigenvalue weighted by molar-refractivity contribution is 0.274. The predicted octanol–water partition coefficient (Wildman–Crippen LogP) is 3.49. The highest BCUT2D eigenvalue weighted by molar-refractivity contribution is 5.56. The average molecular weight is 264 g/mol. The van der Waals surface area contributed by atoms with Crippen LogP contribution in [0.3, 0.4) is 0 Å². The van der Waals surface area contributed by atoms with E-state index < -0.39 is 0 Å². The fourth-order valence-corrected chi connectivity index (χ4v) is 2.89. The second-order valence-electron chi connectivity index (χ2n) is 5.89. The molecule has 106 valence electrons. The van der Waals surface area contributed by atoms with Crippen LogP contribution in [-0.2, 0) is 0 Å². The highest BCUT2D eigenvalue weighted by Gasteiger charge is 2.35. The van der Waals surface area contributed by atoms with Crippen LogP contribution in [0, 0.1) is 12.7 Å². The van der Waals surface area contributed by atoms with E-state index in [2.05, 4.69) is 31.0 Å². The second-order valence-corrected chi connectivity index (χ2v) is 5.89. The van der Waals surface area contributed by atoms with E-state index in [9.17, 15) is 4.39 Å². The number of hydrogen-bond donors (Lipinski definition) is 1. The van der Waals surface area contributed by atoms with Crippen LogP contribution in [0.25, 0.3) is 0 Å². The zero-order valence-electron chi connectivity index (χ0n) is 12.5. The molecule has 1 heterocycles. The van der Waals surface area contributed by atoms with Gasteiger partial charge in [-0.3, -0.25) is 0 Å². The molecular weight excluding hydrogens is 239 g/mol. The Balaban J connectivity index is 2.38. The summed E-state index contributed by atoms with van der Waals surface area (Å²) in [5.74, 6) is -0.0983. The Hall–Kier alpha value is -1.09. The molecule has 2 nitrogen and oxygen atoms in total. The first kappa shape index (κ1) is 14.3. The summed E-state index contributed by atoms with van der Waals surface area (Å²) in [6.45, 7) is 10.4. The number of para-hydroxylation sites is 1. The molecule has 2 rings (SSSR count). The smallest absolute Gasteiger partial charge is 0.146 e. The molecule has 0 spiro atoms. The Labute approximate surface area is 116 Å². The van der Waals surface area contributed by atoms with Crippen LogP contribution in [0.1, 0.15) is 39.2 Å². The number of nitrogens with zero attached hydrogens (tertiary/aromatic N) is 1. The van der Waals surface area contributed by atoms with Crippen molar-refractivity contribution in [1.82, 2.24) is 5.32 Å². The summed E-state index contributed by atoms with van der Waals surface area (Å²) in [5.41, 5.74) is 1.88. The van der Waals surface area contributed by atoms with Crippen molar-refractivity contribution in [2.24, 2.45) is 0 Å². The summed E-state index contributed by atoms with van der Waals surface area (Å²) in [5, 5.41) is 3.62. The van der Waals surface area contributed by atoms with Crippen molar-refractivity contribution >= 4 is 5.69 Å². The maximum absolute atomic E-state index is 14.2. The first-order valence-electron chi connectivity index (χ1n) is 7.27. The number of aryl methyl sites for hydroxylation is 1. The van der Waals surface area contributed by atoms with Gasteiger partial charge in [0.25, 0.3) is 0 Å². The molecule has 1 aromatic carbocycles. The summed E-state index contributed by atoms with van der Waals surface area (Å²) in [4.78, 5) is 2.27. The number of hydrogen-bond acceptors (Lipinski definition) is 2. The van der Waals surface area contributed by atoms with E-state index in [4.69, 9.17) is 0 Å². The van der Waals surface area contributed by atoms with Gasteiger partial charge >= 0.3 is 0 Å². The Morgan fingerprint density at radius 3 is 2.74 bits per heavy atom. The van der Waals surface area contributed by atoms with Gasteiger partial charge in [-0.1, -0.05) is 26.0 Å². The molecule has 1 N–H and O–H groups in total. The minimum Gasteiger partial charge on any atom is -0.363 e. The number of piperazine rings is 1. The summed E-state index contributed by atoms with van der Waals surface area (Å²) in [6, 6.07) is 5.72. The molecule has 19 heavy (non-hydrogen) atoms. The summed E-state index contributed by atoms with van der Waals surface area (Å²) >= 11 is 0. The molecule has 2 unspecified atom stereocenters. The van der Waals surface area contributed by atoms with Gasteiger partial charge in [0.1, 0.15) is 5.82 Å². The zero-order chi connectivity index (χ0) is 14.0. The predicted molar refractivity (Wildman–Crippen MR) is 79.3 cm³/mol. The van der Waals surface area contributed by atoms with Gasteiger partial charge in [-0.15, -0.1) is 0 Å². The molecule has 1 aromatic rings. The molecule has 0 bridgehead atoms. The lowest BCUT2D eigenvalue weighted by atomic mass is 9.91. The van der Waals surface area contributed by atoms with Crippen molar-refractivity contribution in [3.05, 3.63) is 29.6 Å². The SMILES string of the molecule is CCC1CNC(C)(CC)CN1c1c(C)cccc1F. The van der Waals surface area contributed by atoms with Crippen molar-refractivity contribution in [1.29, 1.82) is 0 Å². The van der Waals surface area contributed by atoms with Crippen molar-refractivity contribution < 1.29 is 4.39 Å². The van der Waals surface area contributed by atoms with Crippen LogP contribution in [0.5, 0.6) is 0 Å². The van der Waals surface area contributed by atoms with Gasteiger partial charge in [0, 0.05) is 24.7 Å². The molecule has 0 saturated carbocycles. The van der Waals surface area contributed by atoms with Crippen LogP contribution in [0.2, 0.25) is 0 Å². The molecular formula is C16H25FN2. The van der Waals surface area contributed by atoms with E-state index in [1.54, 1.807) is 12.1 Å². The van der Waals surface area contributed by atoms with Gasteiger partial charge in [-0.05, 0) is 38.3 Å². The largest absolute Gasteiger partial charge is 0.363 e. The van der Waals surface area contributed by atoms with Crippen molar-refractivity contribution in [3.8, 4) is 0 Å². The van der Waals surface area contributed by atoms with E-state index in [1.807, 2.05) is 13.0 Å². The molecule has 1 saturated heterocycles. The fourth-order valence-electron chi connectivity index (χ4n) is 2.89. The second kappa shape index (κ2) is 5.49. The third kappa shape index (κ3) is 2.76. The fraction of sp³-hybridized carbons (Fsp3) is 0.625. The molecule has 1 fully saturated rings. The standard InChI is InChI=1S/C16H25FN2/c1-5-13-10-18-16(4,6-2)11-19(13)15-12(3)8-7-9-14(15)17/h7-9,13,18H,5-6,10-11H2,1-4H3. The third-order valence-electron chi connectivity index (χ3n) is 4.45. The van der Waals surface area contributed by atoms with Gasteiger partial charge in [-0.2, -0.15) is 0 Å². The van der Waals surface area contributed by atoms with E-state index in [0.29, 0.717) is 6.04 Å². The molecule has 1 aliphatic rings. The molecule has 0 amide bonds. The minimum absolute atomic E-state index is 0.0698. The molecule has 2 atom stereocenters. The maximum Gasteiger partial charge on any atom is 0.146 e. The Kier molecular flexibility index (Phi) is 4.14. The molecule has 1 aliphatic heterocycles. The van der Waals surface area contributed by atoms with Gasteiger partial charge < -0.3 is 10.2 Å². The molecule has 0 aliphatic carbocycles. The quantitative estimate of drug-likeness (QED) is 0.899. The Bertz CT molecular complexity index is 426. The van der Waals surface area contributed by atoms with Crippen LogP contribution in [-0.4, -0.2) is 24.7 Å². The van der Waals surface area contributed by atoms with E-state index in [1.165, 1.54) is 0 Å². The van der Waals surface area contributed by atoms with Crippen LogP contribution >= 0.6 is 0 Å². The molecule has 0 aromatic heterocycles. The number of benzene rings is 1. The van der Waals surface area contributed by atoms with Gasteiger partial charge in [0.15, 0.2) is 0 Å². The number of nitrogens with one attached hydrogen (secondary N) is 1. The average Bonchev–Trinajstić information content (AvgIpc) is 2.39. The van der Waals surface area contributed by atoms with Crippen LogP contribution in [0.15, 0.2) is 18.2 Å².